The van der Waals surface area contributed by atoms with Gasteiger partial charge in [-0.2, -0.15) is 0 Å². The van der Waals surface area contributed by atoms with Crippen molar-refractivity contribution in [2.75, 3.05) is 31.5 Å². The van der Waals surface area contributed by atoms with Crippen LogP contribution in [0.15, 0.2) is 24.3 Å². The molecular weight excluding hydrogens is 294 g/mol. The number of carbonyl (C=O) groups is 3. The predicted octanol–water partition coefficient (Wildman–Crippen LogP) is 0.870. The van der Waals surface area contributed by atoms with Crippen LogP contribution in [0.5, 0.6) is 0 Å². The summed E-state index contributed by atoms with van der Waals surface area (Å²) in [6.45, 7) is 4.20. The molecule has 2 atom stereocenters. The number of hydrogen-bond acceptors (Lipinski definition) is 3. The molecule has 1 aliphatic heterocycles. The summed E-state index contributed by atoms with van der Waals surface area (Å²) in [6.07, 6.45) is 1.43. The Labute approximate surface area is 135 Å². The van der Waals surface area contributed by atoms with E-state index >= 15 is 0 Å². The Kier molecular flexibility index (Phi) is 4.32. The van der Waals surface area contributed by atoms with Crippen LogP contribution < -0.4 is 5.32 Å². The first-order chi connectivity index (χ1) is 11.1. The SMILES string of the molecule is Cc1ccccc1NC(=O)C1CC1C(=O)N1CCN(C=O)CC1. The Bertz CT molecular complexity index is 623. The van der Waals surface area contributed by atoms with Gasteiger partial charge >= 0.3 is 0 Å². The molecule has 1 saturated carbocycles. The average molecular weight is 315 g/mol. The first-order valence-corrected chi connectivity index (χ1v) is 7.95. The van der Waals surface area contributed by atoms with Gasteiger partial charge in [-0.3, -0.25) is 14.4 Å². The second-order valence-electron chi connectivity index (χ2n) is 6.22. The highest BCUT2D eigenvalue weighted by Crippen LogP contribution is 2.41. The van der Waals surface area contributed by atoms with Crippen LogP contribution in [-0.2, 0) is 14.4 Å². The van der Waals surface area contributed by atoms with E-state index in [9.17, 15) is 14.4 Å². The number of carbonyl (C=O) groups excluding carboxylic acids is 3. The molecule has 3 rings (SSSR count). The van der Waals surface area contributed by atoms with Gasteiger partial charge in [0.25, 0.3) is 0 Å². The van der Waals surface area contributed by atoms with Crippen molar-refractivity contribution < 1.29 is 14.4 Å². The van der Waals surface area contributed by atoms with E-state index in [0.29, 0.717) is 32.6 Å². The molecule has 0 aromatic heterocycles. The van der Waals surface area contributed by atoms with Crippen LogP contribution in [0.4, 0.5) is 5.69 Å². The minimum Gasteiger partial charge on any atom is -0.342 e. The third-order valence-electron chi connectivity index (χ3n) is 4.62. The van der Waals surface area contributed by atoms with E-state index in [4.69, 9.17) is 0 Å². The second-order valence-corrected chi connectivity index (χ2v) is 6.22. The Morgan fingerprint density at radius 3 is 2.48 bits per heavy atom. The number of para-hydroxylation sites is 1. The highest BCUT2D eigenvalue weighted by Gasteiger charge is 2.49. The maximum Gasteiger partial charge on any atom is 0.228 e. The molecule has 2 aliphatic rings. The maximum absolute atomic E-state index is 12.4. The van der Waals surface area contributed by atoms with Crippen LogP contribution in [-0.4, -0.2) is 54.2 Å². The number of rotatable bonds is 4. The van der Waals surface area contributed by atoms with Crippen molar-refractivity contribution in [3.05, 3.63) is 29.8 Å². The van der Waals surface area contributed by atoms with E-state index < -0.39 is 0 Å². The molecule has 1 saturated heterocycles. The molecule has 1 aliphatic carbocycles. The topological polar surface area (TPSA) is 69.7 Å². The molecule has 1 heterocycles. The number of nitrogens with one attached hydrogen (secondary N) is 1. The van der Waals surface area contributed by atoms with Crippen LogP contribution in [0.1, 0.15) is 12.0 Å². The van der Waals surface area contributed by atoms with Gasteiger partial charge in [0.1, 0.15) is 0 Å². The van der Waals surface area contributed by atoms with Gasteiger partial charge in [-0.05, 0) is 25.0 Å². The fourth-order valence-electron chi connectivity index (χ4n) is 2.98. The molecule has 122 valence electrons. The Hall–Kier alpha value is -2.37. The summed E-state index contributed by atoms with van der Waals surface area (Å²) in [5, 5.41) is 2.91. The summed E-state index contributed by atoms with van der Waals surface area (Å²) < 4.78 is 0. The molecule has 6 nitrogen and oxygen atoms in total. The minimum absolute atomic E-state index is 0.0421. The standard InChI is InChI=1S/C17H21N3O3/c1-12-4-2-3-5-15(12)18-16(22)13-10-14(13)17(23)20-8-6-19(11-21)7-9-20/h2-5,11,13-14H,6-10H2,1H3,(H,18,22). The van der Waals surface area contributed by atoms with Crippen molar-refractivity contribution in [2.45, 2.75) is 13.3 Å². The van der Waals surface area contributed by atoms with Crippen LogP contribution in [0, 0.1) is 18.8 Å². The van der Waals surface area contributed by atoms with Gasteiger partial charge in [0.2, 0.25) is 18.2 Å². The van der Waals surface area contributed by atoms with Gasteiger partial charge in [0, 0.05) is 31.9 Å². The van der Waals surface area contributed by atoms with Gasteiger partial charge in [-0.15, -0.1) is 0 Å². The van der Waals surface area contributed by atoms with E-state index in [1.165, 1.54) is 0 Å². The summed E-state index contributed by atoms with van der Waals surface area (Å²) in [5.41, 5.74) is 1.81. The van der Waals surface area contributed by atoms with Crippen LogP contribution in [0.2, 0.25) is 0 Å². The van der Waals surface area contributed by atoms with Crippen molar-refractivity contribution in [3.8, 4) is 0 Å². The van der Waals surface area contributed by atoms with Gasteiger partial charge in [0.15, 0.2) is 0 Å². The Balaban J connectivity index is 1.53. The van der Waals surface area contributed by atoms with Gasteiger partial charge in [-0.25, -0.2) is 0 Å². The van der Waals surface area contributed by atoms with Crippen molar-refractivity contribution >= 4 is 23.9 Å². The van der Waals surface area contributed by atoms with E-state index in [-0.39, 0.29) is 23.7 Å². The molecule has 0 spiro atoms. The molecule has 6 heteroatoms. The lowest BCUT2D eigenvalue weighted by molar-refractivity contribution is -0.137. The quantitative estimate of drug-likeness (QED) is 0.838. The maximum atomic E-state index is 12.4. The minimum atomic E-state index is -0.230. The Morgan fingerprint density at radius 1 is 1.13 bits per heavy atom. The zero-order chi connectivity index (χ0) is 16.4. The van der Waals surface area contributed by atoms with Crippen LogP contribution in [0.25, 0.3) is 0 Å². The molecule has 1 N–H and O–H groups in total. The van der Waals surface area contributed by atoms with E-state index in [0.717, 1.165) is 17.7 Å². The van der Waals surface area contributed by atoms with Crippen LogP contribution >= 0.6 is 0 Å². The predicted molar refractivity (Wildman–Crippen MR) is 85.6 cm³/mol. The number of nitrogens with zero attached hydrogens (tertiary/aromatic N) is 2. The summed E-state index contributed by atoms with van der Waals surface area (Å²) in [4.78, 5) is 38.8. The lowest BCUT2D eigenvalue weighted by Crippen LogP contribution is -2.48. The van der Waals surface area contributed by atoms with E-state index in [2.05, 4.69) is 5.32 Å². The molecule has 1 aromatic carbocycles. The third kappa shape index (κ3) is 3.36. The molecule has 2 fully saturated rings. The smallest absolute Gasteiger partial charge is 0.228 e. The molecule has 0 bridgehead atoms. The molecule has 2 unspecified atom stereocenters. The molecular formula is C17H21N3O3. The largest absolute Gasteiger partial charge is 0.342 e. The fraction of sp³-hybridized carbons (Fsp3) is 0.471. The highest BCUT2D eigenvalue weighted by molar-refractivity contribution is 5.99. The van der Waals surface area contributed by atoms with Gasteiger partial charge in [-0.1, -0.05) is 18.2 Å². The number of hydrogen-bond donors (Lipinski definition) is 1. The molecule has 1 aromatic rings. The zero-order valence-electron chi connectivity index (χ0n) is 13.2. The van der Waals surface area contributed by atoms with E-state index in [1.807, 2.05) is 31.2 Å². The second kappa shape index (κ2) is 6.40. The number of anilines is 1. The fourth-order valence-corrected chi connectivity index (χ4v) is 2.98. The third-order valence-corrected chi connectivity index (χ3v) is 4.62. The first kappa shape index (κ1) is 15.5. The lowest BCUT2D eigenvalue weighted by atomic mass is 10.2. The number of benzene rings is 1. The molecule has 0 radical (unpaired) electrons. The highest BCUT2D eigenvalue weighted by atomic mass is 16.2. The van der Waals surface area contributed by atoms with Gasteiger partial charge in [0.05, 0.1) is 11.8 Å². The number of amides is 3. The monoisotopic (exact) mass is 315 g/mol. The normalized spacial score (nSPS) is 23.3. The molecule has 3 amide bonds. The van der Waals surface area contributed by atoms with Crippen molar-refractivity contribution in [2.24, 2.45) is 11.8 Å². The summed E-state index contributed by atoms with van der Waals surface area (Å²) in [7, 11) is 0. The number of piperazine rings is 1. The van der Waals surface area contributed by atoms with Crippen molar-refractivity contribution in [1.29, 1.82) is 0 Å². The summed E-state index contributed by atoms with van der Waals surface area (Å²) in [5.74, 6) is -0.474. The zero-order valence-corrected chi connectivity index (χ0v) is 13.2. The van der Waals surface area contributed by atoms with Crippen molar-refractivity contribution in [3.63, 3.8) is 0 Å². The first-order valence-electron chi connectivity index (χ1n) is 7.95. The lowest BCUT2D eigenvalue weighted by Gasteiger charge is -2.32. The van der Waals surface area contributed by atoms with Gasteiger partial charge < -0.3 is 15.1 Å². The molecule has 23 heavy (non-hydrogen) atoms. The van der Waals surface area contributed by atoms with E-state index in [1.54, 1.807) is 9.80 Å². The number of aryl methyl sites for hydroxylation is 1. The summed E-state index contributed by atoms with van der Waals surface area (Å²) in [6, 6.07) is 7.61. The average Bonchev–Trinajstić information content (AvgIpc) is 3.37. The van der Waals surface area contributed by atoms with Crippen molar-refractivity contribution in [1.82, 2.24) is 9.80 Å². The summed E-state index contributed by atoms with van der Waals surface area (Å²) >= 11 is 0. The van der Waals surface area contributed by atoms with Crippen LogP contribution in [0.3, 0.4) is 0 Å². The Morgan fingerprint density at radius 2 is 1.83 bits per heavy atom.